The van der Waals surface area contributed by atoms with Gasteiger partial charge in [0.1, 0.15) is 5.75 Å². The molecule has 1 aromatic rings. The third-order valence-electron chi connectivity index (χ3n) is 3.37. The van der Waals surface area contributed by atoms with Crippen LogP contribution in [0, 0.1) is 0 Å². The molecule has 1 N–H and O–H groups in total. The highest BCUT2D eigenvalue weighted by molar-refractivity contribution is 9.10. The van der Waals surface area contributed by atoms with Crippen LogP contribution in [0.2, 0.25) is 0 Å². The fourth-order valence-corrected chi connectivity index (χ4v) is 2.67. The maximum absolute atomic E-state index is 5.38. The summed E-state index contributed by atoms with van der Waals surface area (Å²) in [5.41, 5.74) is 1.21. The minimum atomic E-state index is 0.865. The summed E-state index contributed by atoms with van der Waals surface area (Å²) >= 11 is 3.46. The van der Waals surface area contributed by atoms with Gasteiger partial charge in [0.2, 0.25) is 0 Å². The Bertz CT molecular complexity index is 378. The molecule has 0 amide bonds. The molecule has 4 heteroatoms. The standard InChI is InChI=1S/C14H21BrN2O/c1-18-14-10-13(15)5-4-12(14)11-16-6-9-17-7-2-3-8-17/h4-5,10,16H,2-3,6-9,11H2,1H3. The predicted octanol–water partition coefficient (Wildman–Crippen LogP) is 2.64. The van der Waals surface area contributed by atoms with Crippen LogP contribution in [-0.4, -0.2) is 38.2 Å². The Balaban J connectivity index is 1.75. The van der Waals surface area contributed by atoms with Crippen LogP contribution in [-0.2, 0) is 6.54 Å². The van der Waals surface area contributed by atoms with Crippen molar-refractivity contribution in [2.45, 2.75) is 19.4 Å². The van der Waals surface area contributed by atoms with Crippen LogP contribution in [0.1, 0.15) is 18.4 Å². The Morgan fingerprint density at radius 2 is 2.11 bits per heavy atom. The molecule has 100 valence electrons. The van der Waals surface area contributed by atoms with Crippen molar-refractivity contribution in [1.82, 2.24) is 10.2 Å². The predicted molar refractivity (Wildman–Crippen MR) is 78.1 cm³/mol. The number of hydrogen-bond donors (Lipinski definition) is 1. The lowest BCUT2D eigenvalue weighted by Crippen LogP contribution is -2.29. The Labute approximate surface area is 118 Å². The summed E-state index contributed by atoms with van der Waals surface area (Å²) in [4.78, 5) is 2.52. The van der Waals surface area contributed by atoms with Gasteiger partial charge in [-0.15, -0.1) is 0 Å². The molecule has 0 atom stereocenters. The maximum Gasteiger partial charge on any atom is 0.124 e. The fraction of sp³-hybridized carbons (Fsp3) is 0.571. The van der Waals surface area contributed by atoms with Gasteiger partial charge in [0.05, 0.1) is 7.11 Å². The Morgan fingerprint density at radius 3 is 2.83 bits per heavy atom. The number of ether oxygens (including phenoxy) is 1. The third kappa shape index (κ3) is 3.97. The number of likely N-dealkylation sites (tertiary alicyclic amines) is 1. The number of rotatable bonds is 6. The largest absolute Gasteiger partial charge is 0.496 e. The molecule has 3 nitrogen and oxygen atoms in total. The molecule has 1 aliphatic heterocycles. The van der Waals surface area contributed by atoms with Gasteiger partial charge < -0.3 is 15.0 Å². The molecule has 1 fully saturated rings. The average Bonchev–Trinajstić information content (AvgIpc) is 2.89. The van der Waals surface area contributed by atoms with Crippen LogP contribution >= 0.6 is 15.9 Å². The second kappa shape index (κ2) is 7.12. The normalized spacial score (nSPS) is 16.1. The molecule has 1 aromatic carbocycles. The third-order valence-corrected chi connectivity index (χ3v) is 3.86. The van der Waals surface area contributed by atoms with E-state index < -0.39 is 0 Å². The number of benzene rings is 1. The zero-order chi connectivity index (χ0) is 12.8. The lowest BCUT2D eigenvalue weighted by atomic mass is 10.2. The SMILES string of the molecule is COc1cc(Br)ccc1CNCCN1CCCC1. The molecule has 0 saturated carbocycles. The van der Waals surface area contributed by atoms with Crippen molar-refractivity contribution in [3.05, 3.63) is 28.2 Å². The Morgan fingerprint density at radius 1 is 1.33 bits per heavy atom. The Hall–Kier alpha value is -0.580. The van der Waals surface area contributed by atoms with Gasteiger partial charge in [-0.3, -0.25) is 0 Å². The first-order valence-electron chi connectivity index (χ1n) is 6.55. The molecule has 1 saturated heterocycles. The lowest BCUT2D eigenvalue weighted by Gasteiger charge is -2.15. The van der Waals surface area contributed by atoms with Crippen molar-refractivity contribution in [3.63, 3.8) is 0 Å². The number of hydrogen-bond acceptors (Lipinski definition) is 3. The van der Waals surface area contributed by atoms with Gasteiger partial charge in [0.15, 0.2) is 0 Å². The smallest absolute Gasteiger partial charge is 0.124 e. The molecule has 18 heavy (non-hydrogen) atoms. The van der Waals surface area contributed by atoms with E-state index in [-0.39, 0.29) is 0 Å². The van der Waals surface area contributed by atoms with Gasteiger partial charge in [-0.05, 0) is 38.1 Å². The van der Waals surface area contributed by atoms with E-state index in [4.69, 9.17) is 4.74 Å². The van der Waals surface area contributed by atoms with Crippen molar-refractivity contribution in [2.75, 3.05) is 33.3 Å². The van der Waals surface area contributed by atoms with Crippen LogP contribution in [0.4, 0.5) is 0 Å². The van der Waals surface area contributed by atoms with E-state index in [1.54, 1.807) is 7.11 Å². The first kappa shape index (κ1) is 13.8. The van der Waals surface area contributed by atoms with Crippen molar-refractivity contribution in [3.8, 4) is 5.75 Å². The van der Waals surface area contributed by atoms with Crippen LogP contribution in [0.3, 0.4) is 0 Å². The number of halogens is 1. The topological polar surface area (TPSA) is 24.5 Å². The molecular weight excluding hydrogens is 292 g/mol. The summed E-state index contributed by atoms with van der Waals surface area (Å²) < 4.78 is 6.43. The molecule has 0 radical (unpaired) electrons. The first-order valence-corrected chi connectivity index (χ1v) is 7.34. The van der Waals surface area contributed by atoms with Crippen molar-refractivity contribution in [1.29, 1.82) is 0 Å². The second-order valence-corrected chi connectivity index (χ2v) is 5.60. The van der Waals surface area contributed by atoms with E-state index in [0.717, 1.165) is 29.9 Å². The van der Waals surface area contributed by atoms with E-state index in [2.05, 4.69) is 38.3 Å². The van der Waals surface area contributed by atoms with Crippen molar-refractivity contribution in [2.24, 2.45) is 0 Å². The summed E-state index contributed by atoms with van der Waals surface area (Å²) in [6, 6.07) is 6.17. The van der Waals surface area contributed by atoms with E-state index in [9.17, 15) is 0 Å². The van der Waals surface area contributed by atoms with E-state index in [1.165, 1.54) is 31.5 Å². The quantitative estimate of drug-likeness (QED) is 0.817. The molecule has 0 bridgehead atoms. The van der Waals surface area contributed by atoms with Crippen molar-refractivity contribution >= 4 is 15.9 Å². The van der Waals surface area contributed by atoms with Gasteiger partial charge in [-0.2, -0.15) is 0 Å². The van der Waals surface area contributed by atoms with Crippen LogP contribution in [0.5, 0.6) is 5.75 Å². The number of methoxy groups -OCH3 is 1. The van der Waals surface area contributed by atoms with Crippen LogP contribution in [0.25, 0.3) is 0 Å². The highest BCUT2D eigenvalue weighted by Crippen LogP contribution is 2.23. The maximum atomic E-state index is 5.38. The van der Waals surface area contributed by atoms with E-state index in [0.29, 0.717) is 0 Å². The molecule has 0 aromatic heterocycles. The summed E-state index contributed by atoms with van der Waals surface area (Å²) in [5, 5.41) is 3.49. The molecule has 1 aliphatic rings. The lowest BCUT2D eigenvalue weighted by molar-refractivity contribution is 0.335. The summed E-state index contributed by atoms with van der Waals surface area (Å²) in [6.07, 6.45) is 2.72. The highest BCUT2D eigenvalue weighted by Gasteiger charge is 2.10. The van der Waals surface area contributed by atoms with Crippen LogP contribution in [0.15, 0.2) is 22.7 Å². The zero-order valence-electron chi connectivity index (χ0n) is 10.9. The molecule has 0 spiro atoms. The minimum Gasteiger partial charge on any atom is -0.496 e. The zero-order valence-corrected chi connectivity index (χ0v) is 12.5. The summed E-state index contributed by atoms with van der Waals surface area (Å²) in [7, 11) is 1.72. The van der Waals surface area contributed by atoms with E-state index >= 15 is 0 Å². The fourth-order valence-electron chi connectivity index (χ4n) is 2.33. The monoisotopic (exact) mass is 312 g/mol. The Kier molecular flexibility index (Phi) is 5.47. The molecular formula is C14H21BrN2O. The van der Waals surface area contributed by atoms with Gasteiger partial charge in [0.25, 0.3) is 0 Å². The molecule has 0 unspecified atom stereocenters. The van der Waals surface area contributed by atoms with Gasteiger partial charge in [-0.25, -0.2) is 0 Å². The van der Waals surface area contributed by atoms with Gasteiger partial charge in [0, 0.05) is 29.7 Å². The highest BCUT2D eigenvalue weighted by atomic mass is 79.9. The van der Waals surface area contributed by atoms with E-state index in [1.807, 2.05) is 6.07 Å². The number of nitrogens with one attached hydrogen (secondary N) is 1. The summed E-state index contributed by atoms with van der Waals surface area (Å²) in [6.45, 7) is 5.59. The summed E-state index contributed by atoms with van der Waals surface area (Å²) in [5.74, 6) is 0.943. The van der Waals surface area contributed by atoms with Crippen molar-refractivity contribution < 1.29 is 4.74 Å². The van der Waals surface area contributed by atoms with Gasteiger partial charge >= 0.3 is 0 Å². The number of nitrogens with zero attached hydrogens (tertiary/aromatic N) is 1. The molecule has 2 rings (SSSR count). The van der Waals surface area contributed by atoms with Crippen LogP contribution < -0.4 is 10.1 Å². The molecule has 1 heterocycles. The minimum absolute atomic E-state index is 0.865. The van der Waals surface area contributed by atoms with Gasteiger partial charge in [-0.1, -0.05) is 22.0 Å². The first-order chi connectivity index (χ1) is 8.79. The molecule has 0 aliphatic carbocycles. The second-order valence-electron chi connectivity index (χ2n) is 4.68. The average molecular weight is 313 g/mol.